The molecule has 0 unspecified atom stereocenters. The van der Waals surface area contributed by atoms with Crippen molar-refractivity contribution in [3.8, 4) is 0 Å². The maximum absolute atomic E-state index is 13.1. The van der Waals surface area contributed by atoms with E-state index in [-0.39, 0.29) is 46.4 Å². The highest BCUT2D eigenvalue weighted by Gasteiger charge is 2.69. The smallest absolute Gasteiger partial charge is 0.202 e. The molecule has 0 radical (unpaired) electrons. The second-order valence-electron chi connectivity index (χ2n) is 9.87. The van der Waals surface area contributed by atoms with Gasteiger partial charge in [0.15, 0.2) is 5.78 Å². The van der Waals surface area contributed by atoms with E-state index in [9.17, 15) is 24.6 Å². The number of ketones is 3. The Kier molecular flexibility index (Phi) is 3.86. The van der Waals surface area contributed by atoms with Crippen LogP contribution in [0.15, 0.2) is 0 Å². The minimum absolute atomic E-state index is 0.109. The fraction of sp³-hybridized carbons (Fsp3) is 0.857. The van der Waals surface area contributed by atoms with Gasteiger partial charge in [0.2, 0.25) is 11.6 Å². The quantitative estimate of drug-likeness (QED) is 0.697. The van der Waals surface area contributed by atoms with Crippen LogP contribution in [-0.4, -0.2) is 39.3 Å². The predicted molar refractivity (Wildman–Crippen MR) is 94.1 cm³/mol. The van der Waals surface area contributed by atoms with Crippen LogP contribution in [0.1, 0.15) is 65.7 Å². The van der Waals surface area contributed by atoms with E-state index in [1.807, 2.05) is 6.92 Å². The molecule has 0 aromatic carbocycles. The summed E-state index contributed by atoms with van der Waals surface area (Å²) in [6.45, 7) is 5.51. The second-order valence-corrected chi connectivity index (χ2v) is 9.87. The van der Waals surface area contributed by atoms with Crippen molar-refractivity contribution in [2.75, 3.05) is 0 Å². The number of fused-ring (bicyclic) bond motifs is 5. The average Bonchev–Trinajstić information content (AvgIpc) is 2.87. The fourth-order valence-electron chi connectivity index (χ4n) is 7.34. The average molecular weight is 362 g/mol. The molecule has 0 saturated heterocycles. The van der Waals surface area contributed by atoms with Crippen LogP contribution >= 0.6 is 0 Å². The highest BCUT2D eigenvalue weighted by Crippen LogP contribution is 2.67. The Bertz CT molecular complexity index is 686. The van der Waals surface area contributed by atoms with Crippen molar-refractivity contribution >= 4 is 17.3 Å². The van der Waals surface area contributed by atoms with Gasteiger partial charge in [0, 0.05) is 17.3 Å². The summed E-state index contributed by atoms with van der Waals surface area (Å²) < 4.78 is 0. The van der Waals surface area contributed by atoms with Gasteiger partial charge in [-0.25, -0.2) is 0 Å². The lowest BCUT2D eigenvalue weighted by atomic mass is 9.43. The van der Waals surface area contributed by atoms with Gasteiger partial charge in [0.05, 0.1) is 6.10 Å². The number of carbonyl (C=O) groups is 3. The van der Waals surface area contributed by atoms with Crippen LogP contribution < -0.4 is 0 Å². The minimum atomic E-state index is -1.38. The van der Waals surface area contributed by atoms with Crippen LogP contribution in [0.3, 0.4) is 0 Å². The molecule has 0 bridgehead atoms. The number of carbonyl (C=O) groups excluding carboxylic acids is 3. The monoisotopic (exact) mass is 362 g/mol. The first-order chi connectivity index (χ1) is 12.1. The Morgan fingerprint density at radius 2 is 1.65 bits per heavy atom. The highest BCUT2D eigenvalue weighted by atomic mass is 16.3. The van der Waals surface area contributed by atoms with Crippen molar-refractivity contribution in [3.05, 3.63) is 0 Å². The Morgan fingerprint density at radius 1 is 1.00 bits per heavy atom. The molecule has 4 rings (SSSR count). The molecular weight excluding hydrogens is 332 g/mol. The SMILES string of the molecule is CC(=O)[C@@]1(O)CC[C@H]2[C@@H]3C(=O)C(=O)[C@H]4C[C@H](O)CC[C@]4(C)[C@H]3CC[C@@]21C. The maximum atomic E-state index is 13.1. The third-order valence-corrected chi connectivity index (χ3v) is 9.03. The Balaban J connectivity index is 1.76. The van der Waals surface area contributed by atoms with Gasteiger partial charge in [-0.15, -0.1) is 0 Å². The molecule has 2 N–H and O–H groups in total. The summed E-state index contributed by atoms with van der Waals surface area (Å²) in [5, 5.41) is 21.2. The van der Waals surface area contributed by atoms with Crippen molar-refractivity contribution in [2.24, 2.45) is 34.5 Å². The van der Waals surface area contributed by atoms with Gasteiger partial charge in [-0.1, -0.05) is 13.8 Å². The van der Waals surface area contributed by atoms with E-state index in [0.29, 0.717) is 32.1 Å². The molecule has 0 spiro atoms. The summed E-state index contributed by atoms with van der Waals surface area (Å²) in [6, 6.07) is 0. The van der Waals surface area contributed by atoms with E-state index in [1.54, 1.807) is 0 Å². The molecule has 4 aliphatic rings. The van der Waals surface area contributed by atoms with Gasteiger partial charge in [0.25, 0.3) is 0 Å². The zero-order valence-corrected chi connectivity index (χ0v) is 16.0. The van der Waals surface area contributed by atoms with E-state index in [4.69, 9.17) is 0 Å². The zero-order valence-electron chi connectivity index (χ0n) is 16.0. The van der Waals surface area contributed by atoms with Crippen molar-refractivity contribution in [2.45, 2.75) is 77.4 Å². The van der Waals surface area contributed by atoms with Gasteiger partial charge < -0.3 is 10.2 Å². The van der Waals surface area contributed by atoms with E-state index < -0.39 is 17.1 Å². The number of rotatable bonds is 1. The van der Waals surface area contributed by atoms with E-state index in [1.165, 1.54) is 6.92 Å². The summed E-state index contributed by atoms with van der Waals surface area (Å²) in [5.41, 5.74) is -2.27. The Morgan fingerprint density at radius 3 is 2.31 bits per heavy atom. The maximum Gasteiger partial charge on any atom is 0.202 e. The Hall–Kier alpha value is -1.07. The Labute approximate surface area is 154 Å². The normalized spacial score (nSPS) is 53.7. The number of aliphatic hydroxyl groups is 2. The van der Waals surface area contributed by atoms with Gasteiger partial charge in [-0.2, -0.15) is 0 Å². The number of Topliss-reactive ketones (excluding diaryl/α,β-unsaturated/α-hetero) is 3. The molecule has 4 fully saturated rings. The number of hydrogen-bond acceptors (Lipinski definition) is 5. The highest BCUT2D eigenvalue weighted by molar-refractivity contribution is 6.39. The first-order valence-corrected chi connectivity index (χ1v) is 10.1. The lowest BCUT2D eigenvalue weighted by molar-refractivity contribution is -0.180. The lowest BCUT2D eigenvalue weighted by Gasteiger charge is -2.59. The van der Waals surface area contributed by atoms with E-state index in [2.05, 4.69) is 6.92 Å². The summed E-state index contributed by atoms with van der Waals surface area (Å²) >= 11 is 0. The molecule has 5 nitrogen and oxygen atoms in total. The summed E-state index contributed by atoms with van der Waals surface area (Å²) in [7, 11) is 0. The zero-order chi connectivity index (χ0) is 19.1. The van der Waals surface area contributed by atoms with E-state index in [0.717, 1.165) is 12.8 Å². The molecule has 26 heavy (non-hydrogen) atoms. The minimum Gasteiger partial charge on any atom is -0.393 e. The van der Waals surface area contributed by atoms with Gasteiger partial charge >= 0.3 is 0 Å². The van der Waals surface area contributed by atoms with Crippen molar-refractivity contribution in [3.63, 3.8) is 0 Å². The van der Waals surface area contributed by atoms with Crippen LogP contribution in [0.5, 0.6) is 0 Å². The van der Waals surface area contributed by atoms with Crippen molar-refractivity contribution in [1.82, 2.24) is 0 Å². The first kappa shape index (κ1) is 18.3. The molecular formula is C21H30O5. The predicted octanol–water partition coefficient (Wildman–Crippen LogP) is 2.07. The van der Waals surface area contributed by atoms with Gasteiger partial charge in [-0.3, -0.25) is 14.4 Å². The standard InChI is InChI=1S/C21H30O5/c1-11(22)21(26)9-6-14-16-13(5-8-20(14,21)3)19(2)7-4-12(23)10-15(19)17(24)18(16)25/h12-16,23,26H,4-10H2,1-3H3/t12-,13+,14+,15-,16-,19-,20+,21+/m1/s1. The number of hydrogen-bond donors (Lipinski definition) is 2. The molecule has 8 atom stereocenters. The number of aliphatic hydroxyl groups excluding tert-OH is 1. The molecule has 0 heterocycles. The van der Waals surface area contributed by atoms with Gasteiger partial charge in [0.1, 0.15) is 5.60 Å². The fourth-order valence-corrected chi connectivity index (χ4v) is 7.34. The molecule has 4 saturated carbocycles. The molecule has 5 heteroatoms. The van der Waals surface area contributed by atoms with Crippen LogP contribution in [-0.2, 0) is 14.4 Å². The molecule has 144 valence electrons. The van der Waals surface area contributed by atoms with Gasteiger partial charge in [-0.05, 0) is 69.1 Å². The van der Waals surface area contributed by atoms with Crippen molar-refractivity contribution < 1.29 is 24.6 Å². The largest absolute Gasteiger partial charge is 0.393 e. The van der Waals surface area contributed by atoms with Crippen LogP contribution in [0, 0.1) is 34.5 Å². The van der Waals surface area contributed by atoms with Crippen molar-refractivity contribution in [1.29, 1.82) is 0 Å². The summed E-state index contributed by atoms with van der Waals surface area (Å²) in [6.07, 6.45) is 3.81. The van der Waals surface area contributed by atoms with Crippen LogP contribution in [0.25, 0.3) is 0 Å². The van der Waals surface area contributed by atoms with Crippen LogP contribution in [0.2, 0.25) is 0 Å². The summed E-state index contributed by atoms with van der Waals surface area (Å²) in [5.74, 6) is -1.62. The molecule has 0 aliphatic heterocycles. The molecule has 0 amide bonds. The third-order valence-electron chi connectivity index (χ3n) is 9.03. The molecule has 0 aromatic rings. The lowest BCUT2D eigenvalue weighted by Crippen LogP contribution is -2.63. The van der Waals surface area contributed by atoms with E-state index >= 15 is 0 Å². The third kappa shape index (κ3) is 2.02. The topological polar surface area (TPSA) is 91.7 Å². The second kappa shape index (κ2) is 5.48. The van der Waals surface area contributed by atoms with Crippen LogP contribution in [0.4, 0.5) is 0 Å². The molecule has 0 aromatic heterocycles. The summed E-state index contributed by atoms with van der Waals surface area (Å²) in [4.78, 5) is 38.3. The first-order valence-electron chi connectivity index (χ1n) is 10.1. The molecule has 4 aliphatic carbocycles.